The number of nitrogens with zero attached hydrogens (tertiary/aromatic N) is 3. The van der Waals surface area contributed by atoms with Crippen LogP contribution in [0, 0.1) is 5.82 Å². The van der Waals surface area contributed by atoms with Crippen molar-refractivity contribution < 1.29 is 9.18 Å². The monoisotopic (exact) mass is 300 g/mol. The summed E-state index contributed by atoms with van der Waals surface area (Å²) in [5.74, 6) is 0.232. The standard InChI is InChI=1S/C16H17FN4O/c17-13-5-3-12(4-6-13)11-18-16(22)14-7-8-15(20-19-14)21-9-1-2-10-21/h3-8H,1-2,9-11H2,(H,18,22). The Morgan fingerprint density at radius 1 is 1.09 bits per heavy atom. The van der Waals surface area contributed by atoms with Crippen LogP contribution in [0.4, 0.5) is 10.2 Å². The third-order valence-electron chi connectivity index (χ3n) is 3.68. The highest BCUT2D eigenvalue weighted by Crippen LogP contribution is 2.16. The molecule has 1 aliphatic rings. The first-order valence-corrected chi connectivity index (χ1v) is 7.34. The van der Waals surface area contributed by atoms with Gasteiger partial charge in [-0.3, -0.25) is 4.79 Å². The molecule has 2 aromatic rings. The molecule has 1 saturated heterocycles. The largest absolute Gasteiger partial charge is 0.355 e. The molecule has 6 heteroatoms. The van der Waals surface area contributed by atoms with Crippen LogP contribution >= 0.6 is 0 Å². The van der Waals surface area contributed by atoms with Gasteiger partial charge in [0.05, 0.1) is 0 Å². The van der Waals surface area contributed by atoms with E-state index in [4.69, 9.17) is 0 Å². The summed E-state index contributed by atoms with van der Waals surface area (Å²) < 4.78 is 12.8. The van der Waals surface area contributed by atoms with Gasteiger partial charge in [0, 0.05) is 19.6 Å². The zero-order valence-corrected chi connectivity index (χ0v) is 12.1. The summed E-state index contributed by atoms with van der Waals surface area (Å²) in [7, 11) is 0. The van der Waals surface area contributed by atoms with Crippen molar-refractivity contribution in [3.63, 3.8) is 0 Å². The lowest BCUT2D eigenvalue weighted by atomic mass is 10.2. The van der Waals surface area contributed by atoms with Gasteiger partial charge in [-0.05, 0) is 42.7 Å². The molecule has 0 aliphatic carbocycles. The summed E-state index contributed by atoms with van der Waals surface area (Å²) >= 11 is 0. The third-order valence-corrected chi connectivity index (χ3v) is 3.68. The van der Waals surface area contributed by atoms with Crippen molar-refractivity contribution in [1.82, 2.24) is 15.5 Å². The minimum atomic E-state index is -0.293. The fraction of sp³-hybridized carbons (Fsp3) is 0.312. The molecule has 2 heterocycles. The van der Waals surface area contributed by atoms with Crippen molar-refractivity contribution >= 4 is 11.7 Å². The van der Waals surface area contributed by atoms with E-state index in [9.17, 15) is 9.18 Å². The number of carbonyl (C=O) groups excluding carboxylic acids is 1. The normalized spacial score (nSPS) is 14.1. The number of amides is 1. The van der Waals surface area contributed by atoms with Gasteiger partial charge in [-0.1, -0.05) is 12.1 Å². The molecule has 1 N–H and O–H groups in total. The van der Waals surface area contributed by atoms with Gasteiger partial charge in [0.2, 0.25) is 0 Å². The highest BCUT2D eigenvalue weighted by molar-refractivity contribution is 5.92. The molecule has 1 aromatic carbocycles. The molecule has 114 valence electrons. The van der Waals surface area contributed by atoms with E-state index < -0.39 is 0 Å². The number of rotatable bonds is 4. The molecule has 5 nitrogen and oxygen atoms in total. The molecule has 0 unspecified atom stereocenters. The summed E-state index contributed by atoms with van der Waals surface area (Å²) in [5.41, 5.74) is 1.11. The lowest BCUT2D eigenvalue weighted by Crippen LogP contribution is -2.25. The maximum atomic E-state index is 12.8. The third kappa shape index (κ3) is 3.39. The van der Waals surface area contributed by atoms with E-state index in [0.29, 0.717) is 6.54 Å². The van der Waals surface area contributed by atoms with E-state index in [2.05, 4.69) is 20.4 Å². The minimum absolute atomic E-state index is 0.282. The van der Waals surface area contributed by atoms with Crippen LogP contribution in [0.1, 0.15) is 28.9 Å². The highest BCUT2D eigenvalue weighted by atomic mass is 19.1. The van der Waals surface area contributed by atoms with E-state index in [1.807, 2.05) is 6.07 Å². The molecule has 1 fully saturated rings. The molecule has 0 radical (unpaired) electrons. The summed E-state index contributed by atoms with van der Waals surface area (Å²) in [6.07, 6.45) is 2.34. The second-order valence-electron chi connectivity index (χ2n) is 5.28. The van der Waals surface area contributed by atoms with Crippen molar-refractivity contribution in [3.8, 4) is 0 Å². The van der Waals surface area contributed by atoms with Gasteiger partial charge in [0.1, 0.15) is 5.82 Å². The zero-order chi connectivity index (χ0) is 15.4. The molecule has 22 heavy (non-hydrogen) atoms. The average molecular weight is 300 g/mol. The number of anilines is 1. The van der Waals surface area contributed by atoms with Crippen molar-refractivity contribution in [3.05, 3.63) is 53.5 Å². The Kier molecular flexibility index (Phi) is 4.27. The second kappa shape index (κ2) is 6.51. The number of aromatic nitrogens is 2. The van der Waals surface area contributed by atoms with Crippen LogP contribution in [-0.2, 0) is 6.54 Å². The number of hydrogen-bond acceptors (Lipinski definition) is 4. The van der Waals surface area contributed by atoms with Crippen LogP contribution < -0.4 is 10.2 Å². The molecule has 0 spiro atoms. The van der Waals surface area contributed by atoms with Crippen molar-refractivity contribution in [2.45, 2.75) is 19.4 Å². The topological polar surface area (TPSA) is 58.1 Å². The van der Waals surface area contributed by atoms with Gasteiger partial charge >= 0.3 is 0 Å². The first-order valence-electron chi connectivity index (χ1n) is 7.34. The van der Waals surface area contributed by atoms with Crippen LogP contribution in [0.2, 0.25) is 0 Å². The molecule has 1 amide bonds. The molecule has 0 saturated carbocycles. The Balaban J connectivity index is 1.58. The second-order valence-corrected chi connectivity index (χ2v) is 5.28. The molecule has 0 atom stereocenters. The first-order chi connectivity index (χ1) is 10.7. The highest BCUT2D eigenvalue weighted by Gasteiger charge is 2.15. The maximum absolute atomic E-state index is 12.8. The van der Waals surface area contributed by atoms with E-state index in [-0.39, 0.29) is 17.4 Å². The number of nitrogens with one attached hydrogen (secondary N) is 1. The Labute approximate surface area is 128 Å². The predicted octanol–water partition coefficient (Wildman–Crippen LogP) is 2.15. The number of halogens is 1. The van der Waals surface area contributed by atoms with Gasteiger partial charge in [-0.25, -0.2) is 4.39 Å². The van der Waals surface area contributed by atoms with Crippen molar-refractivity contribution in [1.29, 1.82) is 0 Å². The van der Waals surface area contributed by atoms with Crippen LogP contribution in [0.3, 0.4) is 0 Å². The molecular weight excluding hydrogens is 283 g/mol. The smallest absolute Gasteiger partial charge is 0.272 e. The van der Waals surface area contributed by atoms with Gasteiger partial charge in [0.25, 0.3) is 5.91 Å². The Hall–Kier alpha value is -2.50. The fourth-order valence-electron chi connectivity index (χ4n) is 2.44. The molecule has 0 bridgehead atoms. The van der Waals surface area contributed by atoms with Crippen LogP contribution in [-0.4, -0.2) is 29.2 Å². The molecule has 3 rings (SSSR count). The quantitative estimate of drug-likeness (QED) is 0.940. The summed E-state index contributed by atoms with van der Waals surface area (Å²) in [6.45, 7) is 2.31. The predicted molar refractivity (Wildman–Crippen MR) is 81.0 cm³/mol. The van der Waals surface area contributed by atoms with E-state index in [0.717, 1.165) is 24.5 Å². The van der Waals surface area contributed by atoms with Crippen molar-refractivity contribution in [2.75, 3.05) is 18.0 Å². The van der Waals surface area contributed by atoms with Crippen LogP contribution in [0.25, 0.3) is 0 Å². The average Bonchev–Trinajstić information content (AvgIpc) is 3.09. The van der Waals surface area contributed by atoms with E-state index in [1.54, 1.807) is 18.2 Å². The van der Waals surface area contributed by atoms with E-state index in [1.165, 1.54) is 25.0 Å². The van der Waals surface area contributed by atoms with Gasteiger partial charge in [-0.15, -0.1) is 10.2 Å². The molecule has 1 aliphatic heterocycles. The fourth-order valence-corrected chi connectivity index (χ4v) is 2.44. The molecule has 1 aromatic heterocycles. The Bertz CT molecular complexity index is 636. The van der Waals surface area contributed by atoms with Gasteiger partial charge in [0.15, 0.2) is 11.5 Å². The van der Waals surface area contributed by atoms with Crippen LogP contribution in [0.15, 0.2) is 36.4 Å². The number of benzene rings is 1. The first kappa shape index (κ1) is 14.4. The van der Waals surface area contributed by atoms with Crippen molar-refractivity contribution in [2.24, 2.45) is 0 Å². The van der Waals surface area contributed by atoms with Crippen LogP contribution in [0.5, 0.6) is 0 Å². The summed E-state index contributed by atoms with van der Waals surface area (Å²) in [5, 5.41) is 10.8. The van der Waals surface area contributed by atoms with Gasteiger partial charge < -0.3 is 10.2 Å². The lowest BCUT2D eigenvalue weighted by molar-refractivity contribution is 0.0945. The minimum Gasteiger partial charge on any atom is -0.355 e. The van der Waals surface area contributed by atoms with E-state index >= 15 is 0 Å². The summed E-state index contributed by atoms with van der Waals surface area (Å²) in [4.78, 5) is 14.2. The molecular formula is C16H17FN4O. The Morgan fingerprint density at radius 2 is 1.82 bits per heavy atom. The Morgan fingerprint density at radius 3 is 2.45 bits per heavy atom. The number of hydrogen-bond donors (Lipinski definition) is 1. The number of carbonyl (C=O) groups is 1. The zero-order valence-electron chi connectivity index (χ0n) is 12.1. The SMILES string of the molecule is O=C(NCc1ccc(F)cc1)c1ccc(N2CCCC2)nn1. The maximum Gasteiger partial charge on any atom is 0.272 e. The lowest BCUT2D eigenvalue weighted by Gasteiger charge is -2.15. The summed E-state index contributed by atoms with van der Waals surface area (Å²) in [6, 6.07) is 9.51. The van der Waals surface area contributed by atoms with Gasteiger partial charge in [-0.2, -0.15) is 0 Å².